The number of thioether (sulfide) groups is 1. The van der Waals surface area contributed by atoms with E-state index in [0.29, 0.717) is 12.4 Å². The lowest BCUT2D eigenvalue weighted by Crippen LogP contribution is -2.16. The van der Waals surface area contributed by atoms with Gasteiger partial charge < -0.3 is 15.9 Å². The van der Waals surface area contributed by atoms with Gasteiger partial charge in [-0.1, -0.05) is 18.7 Å². The van der Waals surface area contributed by atoms with Crippen LogP contribution in [-0.2, 0) is 6.54 Å². The molecule has 6 nitrogen and oxygen atoms in total. The summed E-state index contributed by atoms with van der Waals surface area (Å²) in [7, 11) is 1.65. The van der Waals surface area contributed by atoms with Crippen LogP contribution in [0.25, 0.3) is 0 Å². The van der Waals surface area contributed by atoms with Crippen molar-refractivity contribution in [2.45, 2.75) is 25.0 Å². The van der Waals surface area contributed by atoms with Gasteiger partial charge in [0.25, 0.3) is 0 Å². The molecule has 2 rings (SSSR count). The molecule has 0 radical (unpaired) electrons. The Morgan fingerprint density at radius 3 is 2.70 bits per heavy atom. The second-order valence-electron chi connectivity index (χ2n) is 4.20. The van der Waals surface area contributed by atoms with Gasteiger partial charge in [-0.25, -0.2) is 4.68 Å². The van der Waals surface area contributed by atoms with Crippen LogP contribution in [0.15, 0.2) is 29.4 Å². The van der Waals surface area contributed by atoms with E-state index in [1.807, 2.05) is 24.3 Å². The molecule has 1 aromatic heterocycles. The minimum absolute atomic E-state index is 0.530. The van der Waals surface area contributed by atoms with Crippen molar-refractivity contribution in [2.24, 2.45) is 0 Å². The Labute approximate surface area is 122 Å². The van der Waals surface area contributed by atoms with E-state index in [9.17, 15) is 0 Å². The summed E-state index contributed by atoms with van der Waals surface area (Å²) in [4.78, 5) is 0. The fourth-order valence-electron chi connectivity index (χ4n) is 1.61. The number of nitrogens with one attached hydrogen (secondary N) is 1. The Balaban J connectivity index is 1.94. The molecule has 0 unspecified atom stereocenters. The summed E-state index contributed by atoms with van der Waals surface area (Å²) in [6, 6.07) is 7.70. The molecular formula is C13H19N5OS. The zero-order chi connectivity index (χ0) is 14.4. The molecule has 3 N–H and O–H groups in total. The third kappa shape index (κ3) is 3.57. The second kappa shape index (κ2) is 7.04. The topological polar surface area (TPSA) is 78.0 Å². The summed E-state index contributed by atoms with van der Waals surface area (Å²) < 4.78 is 6.65. The van der Waals surface area contributed by atoms with E-state index in [1.165, 1.54) is 4.68 Å². The van der Waals surface area contributed by atoms with Crippen molar-refractivity contribution >= 4 is 17.4 Å². The second-order valence-corrected chi connectivity index (χ2v) is 5.26. The molecule has 0 bridgehead atoms. The summed E-state index contributed by atoms with van der Waals surface area (Å²) in [6.45, 7) is 2.65. The largest absolute Gasteiger partial charge is 0.497 e. The summed E-state index contributed by atoms with van der Waals surface area (Å²) in [6.07, 6.45) is 1.08. The van der Waals surface area contributed by atoms with E-state index >= 15 is 0 Å². The van der Waals surface area contributed by atoms with Crippen LogP contribution in [0, 0.1) is 0 Å². The van der Waals surface area contributed by atoms with Crippen LogP contribution >= 0.6 is 11.8 Å². The lowest BCUT2D eigenvalue weighted by molar-refractivity contribution is 0.415. The average molecular weight is 293 g/mol. The zero-order valence-corrected chi connectivity index (χ0v) is 12.5. The molecule has 7 heteroatoms. The van der Waals surface area contributed by atoms with Crippen molar-refractivity contribution in [3.63, 3.8) is 0 Å². The van der Waals surface area contributed by atoms with Crippen molar-refractivity contribution in [2.75, 3.05) is 24.0 Å². The van der Waals surface area contributed by atoms with Gasteiger partial charge in [-0.05, 0) is 30.7 Å². The van der Waals surface area contributed by atoms with E-state index < -0.39 is 0 Å². The molecule has 1 heterocycles. The van der Waals surface area contributed by atoms with Crippen LogP contribution in [0.4, 0.5) is 5.69 Å². The summed E-state index contributed by atoms with van der Waals surface area (Å²) in [5.41, 5.74) is 0.983. The van der Waals surface area contributed by atoms with Crippen LogP contribution in [-0.4, -0.2) is 27.7 Å². The van der Waals surface area contributed by atoms with Crippen molar-refractivity contribution in [1.82, 2.24) is 14.9 Å². The van der Waals surface area contributed by atoms with E-state index in [0.717, 1.165) is 28.8 Å². The number of nitrogens with zero attached hydrogens (tertiary/aromatic N) is 3. The number of anilines is 1. The quantitative estimate of drug-likeness (QED) is 0.601. The Hall–Kier alpha value is -1.89. The first-order valence-corrected chi connectivity index (χ1v) is 7.43. The van der Waals surface area contributed by atoms with Gasteiger partial charge in [0.05, 0.1) is 13.7 Å². The number of hydrogen-bond acceptors (Lipinski definition) is 6. The molecule has 0 aliphatic heterocycles. The van der Waals surface area contributed by atoms with E-state index in [1.54, 1.807) is 18.9 Å². The highest BCUT2D eigenvalue weighted by atomic mass is 32.2. The van der Waals surface area contributed by atoms with Gasteiger partial charge in [-0.3, -0.25) is 0 Å². The zero-order valence-electron chi connectivity index (χ0n) is 11.7. The fraction of sp³-hybridized carbons (Fsp3) is 0.385. The first kappa shape index (κ1) is 14.5. The predicted molar refractivity (Wildman–Crippen MR) is 81.5 cm³/mol. The van der Waals surface area contributed by atoms with E-state index in [4.69, 9.17) is 10.6 Å². The van der Waals surface area contributed by atoms with Crippen LogP contribution in [0.3, 0.4) is 0 Å². The molecule has 2 aromatic rings. The molecule has 20 heavy (non-hydrogen) atoms. The number of hydrogen-bond donors (Lipinski definition) is 2. The molecule has 1 aromatic carbocycles. The molecule has 0 atom stereocenters. The number of ether oxygens (including phenoxy) is 1. The number of rotatable bonds is 7. The summed E-state index contributed by atoms with van der Waals surface area (Å²) in [5.74, 6) is 8.49. The monoisotopic (exact) mass is 293 g/mol. The normalized spacial score (nSPS) is 10.5. The third-order valence-electron chi connectivity index (χ3n) is 2.71. The number of nitrogen functional groups attached to an aromatic ring is 1. The Bertz CT molecular complexity index is 540. The van der Waals surface area contributed by atoms with Gasteiger partial charge in [-0.15, -0.1) is 10.2 Å². The molecule has 0 amide bonds. The minimum atomic E-state index is 0.530. The minimum Gasteiger partial charge on any atom is -0.497 e. The molecular weight excluding hydrogens is 274 g/mol. The highest BCUT2D eigenvalue weighted by Gasteiger charge is 2.09. The van der Waals surface area contributed by atoms with E-state index in [2.05, 4.69) is 22.4 Å². The number of aromatic nitrogens is 3. The van der Waals surface area contributed by atoms with Crippen molar-refractivity contribution in [1.29, 1.82) is 0 Å². The van der Waals surface area contributed by atoms with Gasteiger partial charge in [0.1, 0.15) is 5.75 Å². The summed E-state index contributed by atoms with van der Waals surface area (Å²) >= 11 is 1.61. The molecule has 0 saturated carbocycles. The molecule has 108 valence electrons. The first-order chi connectivity index (χ1) is 9.74. The third-order valence-corrected chi connectivity index (χ3v) is 3.86. The molecule has 0 fully saturated rings. The van der Waals surface area contributed by atoms with Gasteiger partial charge >= 0.3 is 0 Å². The van der Waals surface area contributed by atoms with Crippen molar-refractivity contribution in [3.8, 4) is 5.75 Å². The maximum absolute atomic E-state index is 5.96. The van der Waals surface area contributed by atoms with Gasteiger partial charge in [-0.2, -0.15) is 0 Å². The number of nitrogens with two attached hydrogens (primary N) is 1. The average Bonchev–Trinajstić information content (AvgIpc) is 2.84. The molecule has 0 aliphatic carbocycles. The summed E-state index contributed by atoms with van der Waals surface area (Å²) in [5, 5.41) is 12.2. The van der Waals surface area contributed by atoms with Crippen molar-refractivity contribution in [3.05, 3.63) is 30.1 Å². The van der Waals surface area contributed by atoms with Gasteiger partial charge in [0.2, 0.25) is 5.16 Å². The Kier molecular flexibility index (Phi) is 5.11. The van der Waals surface area contributed by atoms with Crippen LogP contribution in [0.5, 0.6) is 5.75 Å². The maximum Gasteiger partial charge on any atom is 0.209 e. The van der Waals surface area contributed by atoms with Crippen LogP contribution < -0.4 is 15.9 Å². The highest BCUT2D eigenvalue weighted by Crippen LogP contribution is 2.17. The van der Waals surface area contributed by atoms with Gasteiger partial charge in [0.15, 0.2) is 5.82 Å². The van der Waals surface area contributed by atoms with Crippen LogP contribution in [0.2, 0.25) is 0 Å². The van der Waals surface area contributed by atoms with Gasteiger partial charge in [0, 0.05) is 11.4 Å². The van der Waals surface area contributed by atoms with E-state index in [-0.39, 0.29) is 0 Å². The molecule has 0 aliphatic rings. The Morgan fingerprint density at radius 2 is 2.05 bits per heavy atom. The fourth-order valence-corrected chi connectivity index (χ4v) is 2.34. The standard InChI is InChI=1S/C13H19N5OS/c1-3-8-20-13-17-16-12(18(13)14)9-15-10-4-6-11(19-2)7-5-10/h4-7,15H,3,8-9,14H2,1-2H3. The number of benzene rings is 1. The molecule has 0 saturated heterocycles. The smallest absolute Gasteiger partial charge is 0.209 e. The molecule has 0 spiro atoms. The van der Waals surface area contributed by atoms with Crippen molar-refractivity contribution < 1.29 is 4.74 Å². The predicted octanol–water partition coefficient (Wildman–Crippen LogP) is 2.11. The maximum atomic E-state index is 5.96. The highest BCUT2D eigenvalue weighted by molar-refractivity contribution is 7.99. The van der Waals surface area contributed by atoms with Crippen LogP contribution in [0.1, 0.15) is 19.2 Å². The first-order valence-electron chi connectivity index (χ1n) is 6.44. The lowest BCUT2D eigenvalue weighted by atomic mass is 10.3. The lowest BCUT2D eigenvalue weighted by Gasteiger charge is -2.07. The number of methoxy groups -OCH3 is 1. The Morgan fingerprint density at radius 1 is 1.30 bits per heavy atom. The SMILES string of the molecule is CCCSc1nnc(CNc2ccc(OC)cc2)n1N.